The number of rotatable bonds is 5. The lowest BCUT2D eigenvalue weighted by molar-refractivity contribution is -0.117. The molecule has 1 amide bonds. The van der Waals surface area contributed by atoms with Gasteiger partial charge in [-0.1, -0.05) is 18.2 Å². The van der Waals surface area contributed by atoms with Gasteiger partial charge in [0.15, 0.2) is 0 Å². The number of hydrogen-bond donors (Lipinski definition) is 3. The van der Waals surface area contributed by atoms with Gasteiger partial charge in [0.25, 0.3) is 0 Å². The number of fused-ring (bicyclic) bond motifs is 1. The first-order chi connectivity index (χ1) is 11.2. The van der Waals surface area contributed by atoms with Crippen LogP contribution in [-0.2, 0) is 11.2 Å². The maximum absolute atomic E-state index is 12.3. The lowest BCUT2D eigenvalue weighted by Crippen LogP contribution is -2.37. The summed E-state index contributed by atoms with van der Waals surface area (Å²) < 4.78 is 5.09. The second kappa shape index (κ2) is 6.54. The van der Waals surface area contributed by atoms with Crippen molar-refractivity contribution < 1.29 is 9.53 Å². The van der Waals surface area contributed by atoms with Gasteiger partial charge < -0.3 is 20.8 Å². The summed E-state index contributed by atoms with van der Waals surface area (Å²) in [5.74, 6) is 0.534. The second-order valence-electron chi connectivity index (χ2n) is 5.39. The standard InChI is InChI=1S/C18H19N3O2/c1-23-14-8-6-13(7-9-14)21-18(22)16(19)10-12-11-20-17-5-3-2-4-15(12)17/h2-9,11,16,20H,10,19H2,1H3,(H,21,22)/t16-/m0/s1. The molecule has 23 heavy (non-hydrogen) atoms. The summed E-state index contributed by atoms with van der Waals surface area (Å²) in [6.45, 7) is 0. The zero-order valence-electron chi connectivity index (χ0n) is 12.9. The van der Waals surface area contributed by atoms with Crippen LogP contribution in [-0.4, -0.2) is 24.0 Å². The third-order valence-electron chi connectivity index (χ3n) is 3.81. The van der Waals surface area contributed by atoms with E-state index in [1.165, 1.54) is 0 Å². The largest absolute Gasteiger partial charge is 0.497 e. The Bertz CT molecular complexity index is 809. The van der Waals surface area contributed by atoms with Crippen LogP contribution < -0.4 is 15.8 Å². The van der Waals surface area contributed by atoms with Crippen molar-refractivity contribution in [1.82, 2.24) is 4.98 Å². The number of aromatic nitrogens is 1. The zero-order valence-corrected chi connectivity index (χ0v) is 12.9. The van der Waals surface area contributed by atoms with Gasteiger partial charge in [0.05, 0.1) is 13.2 Å². The number of hydrogen-bond acceptors (Lipinski definition) is 3. The van der Waals surface area contributed by atoms with E-state index in [1.54, 1.807) is 31.4 Å². The number of ether oxygens (including phenoxy) is 1. The number of methoxy groups -OCH3 is 1. The van der Waals surface area contributed by atoms with Gasteiger partial charge in [-0.25, -0.2) is 0 Å². The van der Waals surface area contributed by atoms with Crippen LogP contribution in [0.3, 0.4) is 0 Å². The molecule has 1 heterocycles. The molecule has 5 nitrogen and oxygen atoms in total. The third kappa shape index (κ3) is 3.35. The molecule has 1 aromatic heterocycles. The van der Waals surface area contributed by atoms with E-state index in [0.29, 0.717) is 12.1 Å². The van der Waals surface area contributed by atoms with Crippen LogP contribution in [0.2, 0.25) is 0 Å². The fourth-order valence-corrected chi connectivity index (χ4v) is 2.54. The Morgan fingerprint density at radius 3 is 2.70 bits per heavy atom. The summed E-state index contributed by atoms with van der Waals surface area (Å²) in [6.07, 6.45) is 2.39. The molecule has 0 aliphatic heterocycles. The Hall–Kier alpha value is -2.79. The summed E-state index contributed by atoms with van der Waals surface area (Å²) in [4.78, 5) is 15.4. The topological polar surface area (TPSA) is 80.1 Å². The Kier molecular flexibility index (Phi) is 4.30. The van der Waals surface area contributed by atoms with Crippen LogP contribution in [0.5, 0.6) is 5.75 Å². The first-order valence-electron chi connectivity index (χ1n) is 7.43. The Balaban J connectivity index is 1.67. The summed E-state index contributed by atoms with van der Waals surface area (Å²) in [7, 11) is 1.60. The molecule has 4 N–H and O–H groups in total. The van der Waals surface area contributed by atoms with Crippen molar-refractivity contribution in [1.29, 1.82) is 0 Å². The lowest BCUT2D eigenvalue weighted by Gasteiger charge is -2.12. The highest BCUT2D eigenvalue weighted by Gasteiger charge is 2.16. The van der Waals surface area contributed by atoms with E-state index in [9.17, 15) is 4.79 Å². The Morgan fingerprint density at radius 2 is 1.96 bits per heavy atom. The van der Waals surface area contributed by atoms with Crippen molar-refractivity contribution >= 4 is 22.5 Å². The quantitative estimate of drug-likeness (QED) is 0.678. The highest BCUT2D eigenvalue weighted by atomic mass is 16.5. The maximum atomic E-state index is 12.3. The van der Waals surface area contributed by atoms with E-state index < -0.39 is 6.04 Å². The van der Waals surface area contributed by atoms with Crippen LogP contribution in [0.4, 0.5) is 5.69 Å². The predicted octanol–water partition coefficient (Wildman–Crippen LogP) is 2.69. The van der Waals surface area contributed by atoms with E-state index in [4.69, 9.17) is 10.5 Å². The van der Waals surface area contributed by atoms with Crippen molar-refractivity contribution in [2.24, 2.45) is 5.73 Å². The van der Waals surface area contributed by atoms with Gasteiger partial charge in [0, 0.05) is 22.8 Å². The fourth-order valence-electron chi connectivity index (χ4n) is 2.54. The molecule has 0 bridgehead atoms. The van der Waals surface area contributed by atoms with Gasteiger partial charge in [0.1, 0.15) is 5.75 Å². The number of anilines is 1. The number of carbonyl (C=O) groups excluding carboxylic acids is 1. The molecule has 0 unspecified atom stereocenters. The van der Waals surface area contributed by atoms with E-state index in [0.717, 1.165) is 22.2 Å². The average Bonchev–Trinajstić information content (AvgIpc) is 2.98. The Morgan fingerprint density at radius 1 is 1.22 bits per heavy atom. The van der Waals surface area contributed by atoms with Crippen LogP contribution in [0.25, 0.3) is 10.9 Å². The molecular formula is C18H19N3O2. The number of H-pyrrole nitrogens is 1. The first-order valence-corrected chi connectivity index (χ1v) is 7.43. The van der Waals surface area contributed by atoms with Crippen LogP contribution in [0.1, 0.15) is 5.56 Å². The summed E-state index contributed by atoms with van der Waals surface area (Å²) in [5.41, 5.74) is 8.84. The normalized spacial score (nSPS) is 12.1. The summed E-state index contributed by atoms with van der Waals surface area (Å²) in [5, 5.41) is 3.92. The van der Waals surface area contributed by atoms with Gasteiger partial charge in [-0.3, -0.25) is 4.79 Å². The number of benzene rings is 2. The van der Waals surface area contributed by atoms with Crippen molar-refractivity contribution in [2.75, 3.05) is 12.4 Å². The van der Waals surface area contributed by atoms with Gasteiger partial charge >= 0.3 is 0 Å². The molecule has 2 aromatic carbocycles. The monoisotopic (exact) mass is 309 g/mol. The van der Waals surface area contributed by atoms with E-state index in [1.807, 2.05) is 30.5 Å². The van der Waals surface area contributed by atoms with Crippen molar-refractivity contribution in [3.05, 3.63) is 60.3 Å². The number of aromatic amines is 1. The molecule has 0 spiro atoms. The lowest BCUT2D eigenvalue weighted by atomic mass is 10.0. The molecule has 3 rings (SSSR count). The molecule has 0 saturated carbocycles. The van der Waals surface area contributed by atoms with E-state index in [-0.39, 0.29) is 5.91 Å². The molecule has 118 valence electrons. The molecule has 0 saturated heterocycles. The molecule has 0 radical (unpaired) electrons. The molecular weight excluding hydrogens is 290 g/mol. The maximum Gasteiger partial charge on any atom is 0.241 e. The van der Waals surface area contributed by atoms with Crippen LogP contribution in [0.15, 0.2) is 54.7 Å². The average molecular weight is 309 g/mol. The van der Waals surface area contributed by atoms with Crippen molar-refractivity contribution in [3.8, 4) is 5.75 Å². The van der Waals surface area contributed by atoms with Crippen LogP contribution in [0, 0.1) is 0 Å². The van der Waals surface area contributed by atoms with Crippen molar-refractivity contribution in [2.45, 2.75) is 12.5 Å². The second-order valence-corrected chi connectivity index (χ2v) is 5.39. The fraction of sp³-hybridized carbons (Fsp3) is 0.167. The highest BCUT2D eigenvalue weighted by Crippen LogP contribution is 2.19. The van der Waals surface area contributed by atoms with E-state index in [2.05, 4.69) is 10.3 Å². The highest BCUT2D eigenvalue weighted by molar-refractivity contribution is 5.95. The zero-order chi connectivity index (χ0) is 16.2. The molecule has 3 aromatic rings. The van der Waals surface area contributed by atoms with E-state index >= 15 is 0 Å². The first kappa shape index (κ1) is 15.1. The number of nitrogens with one attached hydrogen (secondary N) is 2. The van der Waals surface area contributed by atoms with Gasteiger partial charge in [-0.15, -0.1) is 0 Å². The third-order valence-corrected chi connectivity index (χ3v) is 3.81. The number of carbonyl (C=O) groups is 1. The molecule has 0 fully saturated rings. The molecule has 5 heteroatoms. The minimum Gasteiger partial charge on any atom is -0.497 e. The van der Waals surface area contributed by atoms with Crippen LogP contribution >= 0.6 is 0 Å². The van der Waals surface area contributed by atoms with Gasteiger partial charge in [-0.05, 0) is 42.3 Å². The molecule has 0 aliphatic carbocycles. The summed E-state index contributed by atoms with van der Waals surface area (Å²) in [6, 6.07) is 14.5. The van der Waals surface area contributed by atoms with Gasteiger partial charge in [-0.2, -0.15) is 0 Å². The summed E-state index contributed by atoms with van der Waals surface area (Å²) >= 11 is 0. The molecule has 0 aliphatic rings. The minimum atomic E-state index is -0.615. The Labute approximate surface area is 134 Å². The number of para-hydroxylation sites is 1. The SMILES string of the molecule is COc1ccc(NC(=O)[C@@H](N)Cc2c[nH]c3ccccc23)cc1. The number of nitrogens with two attached hydrogens (primary N) is 1. The molecule has 1 atom stereocenters. The van der Waals surface area contributed by atoms with Crippen molar-refractivity contribution in [3.63, 3.8) is 0 Å². The smallest absolute Gasteiger partial charge is 0.241 e. The minimum absolute atomic E-state index is 0.208. The predicted molar refractivity (Wildman–Crippen MR) is 91.6 cm³/mol. The number of amides is 1. The van der Waals surface area contributed by atoms with Gasteiger partial charge in [0.2, 0.25) is 5.91 Å².